The van der Waals surface area contributed by atoms with Crippen molar-refractivity contribution in [3.05, 3.63) is 103 Å². The van der Waals surface area contributed by atoms with E-state index in [1.807, 2.05) is 6.07 Å². The highest BCUT2D eigenvalue weighted by molar-refractivity contribution is 6.30. The third-order valence-electron chi connectivity index (χ3n) is 5.48. The van der Waals surface area contributed by atoms with Crippen LogP contribution < -0.4 is 15.9 Å². The van der Waals surface area contributed by atoms with E-state index in [-0.39, 0.29) is 34.0 Å². The summed E-state index contributed by atoms with van der Waals surface area (Å²) in [6.45, 7) is 9.70. The molecule has 0 atom stereocenters. The van der Waals surface area contributed by atoms with Crippen LogP contribution in [0.5, 0.6) is 11.5 Å². The molecule has 0 unspecified atom stereocenters. The minimum Gasteiger partial charge on any atom is -0.449 e. The van der Waals surface area contributed by atoms with E-state index in [9.17, 15) is 14.9 Å². The second-order valence-electron chi connectivity index (χ2n) is 8.14. The number of nitrogens with zero attached hydrogens (tertiary/aromatic N) is 3. The number of hydrogen-bond donors (Lipinski definition) is 2. The highest BCUT2D eigenvalue weighted by Crippen LogP contribution is 2.38. The lowest BCUT2D eigenvalue weighted by molar-refractivity contribution is 0.0309. The Bertz CT molecular complexity index is 1580. The Morgan fingerprint density at radius 2 is 2.03 bits per heavy atom. The fraction of sp³-hybridized carbons (Fsp3) is 0.192. The Morgan fingerprint density at radius 1 is 1.32 bits per heavy atom. The summed E-state index contributed by atoms with van der Waals surface area (Å²) >= 11 is 6.01. The van der Waals surface area contributed by atoms with E-state index < -0.39 is 34.1 Å². The van der Waals surface area contributed by atoms with Gasteiger partial charge < -0.3 is 15.1 Å². The number of H-pyrrole nitrogens is 1. The Kier molecular flexibility index (Phi) is 7.89. The number of nitriles is 1. The summed E-state index contributed by atoms with van der Waals surface area (Å²) in [5, 5.41) is 16.7. The van der Waals surface area contributed by atoms with Gasteiger partial charge in [0.1, 0.15) is 5.75 Å². The number of aromatic amines is 1. The Labute approximate surface area is 215 Å². The highest BCUT2D eigenvalue weighted by atomic mass is 35.5. The molecule has 0 amide bonds. The van der Waals surface area contributed by atoms with Crippen LogP contribution in [0.1, 0.15) is 41.9 Å². The van der Waals surface area contributed by atoms with Gasteiger partial charge in [-0.05, 0) is 54.3 Å². The van der Waals surface area contributed by atoms with Gasteiger partial charge in [0.25, 0.3) is 11.1 Å². The van der Waals surface area contributed by atoms with Crippen LogP contribution in [0.4, 0.5) is 8.78 Å². The molecule has 2 heterocycles. The molecule has 190 valence electrons. The van der Waals surface area contributed by atoms with Crippen molar-refractivity contribution in [3.63, 3.8) is 0 Å². The predicted molar refractivity (Wildman–Crippen MR) is 137 cm³/mol. The van der Waals surface area contributed by atoms with Crippen LogP contribution >= 0.6 is 11.6 Å². The van der Waals surface area contributed by atoms with E-state index in [1.54, 1.807) is 6.92 Å². The first-order valence-corrected chi connectivity index (χ1v) is 11.3. The Balaban J connectivity index is 2.22. The predicted octanol–water partition coefficient (Wildman–Crippen LogP) is 5.19. The molecular weight excluding hydrogens is 504 g/mol. The summed E-state index contributed by atoms with van der Waals surface area (Å²) < 4.78 is 36.6. The van der Waals surface area contributed by atoms with E-state index in [0.29, 0.717) is 17.7 Å². The summed E-state index contributed by atoms with van der Waals surface area (Å²) in [7, 11) is 0. The van der Waals surface area contributed by atoms with Gasteiger partial charge in [0.2, 0.25) is 5.75 Å². The van der Waals surface area contributed by atoms with E-state index in [1.165, 1.54) is 24.3 Å². The molecule has 0 aliphatic carbocycles. The maximum atomic E-state index is 15.0. The summed E-state index contributed by atoms with van der Waals surface area (Å²) in [5.74, 6) is -4.58. The molecule has 0 fully saturated rings. The fourth-order valence-corrected chi connectivity index (χ4v) is 3.70. The third-order valence-corrected chi connectivity index (χ3v) is 5.70. The molecule has 0 saturated carbocycles. The van der Waals surface area contributed by atoms with Gasteiger partial charge in [-0.25, -0.2) is 4.98 Å². The topological polar surface area (TPSA) is 125 Å². The van der Waals surface area contributed by atoms with Gasteiger partial charge in [0, 0.05) is 22.5 Å². The lowest BCUT2D eigenvalue weighted by atomic mass is 10.0. The summed E-state index contributed by atoms with van der Waals surface area (Å²) in [5.41, 5.74) is -1.52. The number of alkyl halides is 2. The zero-order chi connectivity index (χ0) is 27.5. The van der Waals surface area contributed by atoms with E-state index >= 15 is 8.78 Å². The Morgan fingerprint density at radius 3 is 2.62 bits per heavy atom. The minimum absolute atomic E-state index is 0.0970. The first kappa shape index (κ1) is 27.2. The van der Waals surface area contributed by atoms with Crippen LogP contribution in [0.15, 0.2) is 58.9 Å². The number of aryl methyl sites for hydroxylation is 1. The summed E-state index contributed by atoms with van der Waals surface area (Å²) in [4.78, 5) is 32.4. The number of ether oxygens (including phenoxy) is 1. The van der Waals surface area contributed by atoms with Crippen LogP contribution in [-0.2, 0) is 18.9 Å². The largest absolute Gasteiger partial charge is 0.449 e. The highest BCUT2D eigenvalue weighted by Gasteiger charge is 2.39. The van der Waals surface area contributed by atoms with Gasteiger partial charge in [-0.1, -0.05) is 31.7 Å². The van der Waals surface area contributed by atoms with Crippen molar-refractivity contribution in [2.24, 2.45) is 0 Å². The van der Waals surface area contributed by atoms with Crippen molar-refractivity contribution in [3.8, 4) is 17.6 Å². The van der Waals surface area contributed by atoms with Crippen molar-refractivity contribution in [1.82, 2.24) is 14.5 Å². The number of hydrogen-bond acceptors (Lipinski definition) is 6. The molecule has 0 aliphatic heterocycles. The van der Waals surface area contributed by atoms with Crippen LogP contribution in [0.25, 0.3) is 5.57 Å². The molecule has 11 heteroatoms. The maximum Gasteiger partial charge on any atom is 0.314 e. The van der Waals surface area contributed by atoms with Gasteiger partial charge in [0.15, 0.2) is 5.69 Å². The summed E-state index contributed by atoms with van der Waals surface area (Å²) in [6.07, 6.45) is 2.28. The monoisotopic (exact) mass is 525 g/mol. The lowest BCUT2D eigenvalue weighted by Gasteiger charge is -2.20. The molecule has 2 aromatic heterocycles. The van der Waals surface area contributed by atoms with Gasteiger partial charge >= 0.3 is 5.92 Å². The standard InChI is InChI=1S/C26H22ClF2N5O3/c1-5-21-17(8-20(15(4)10-30)24(35)33-21)12-34-13-32-23(26(28,29)14(2)3)22(25(34)36)37-19-7-16(11-31)6-18(27)9-19/h6-10,13,30H,2,4-5,12H2,1,3H3,(H,33,35). The van der Waals surface area contributed by atoms with Crippen molar-refractivity contribution < 1.29 is 13.5 Å². The number of allylic oxidation sites excluding steroid dienone is 2. The molecule has 0 bridgehead atoms. The number of nitrogens with one attached hydrogen (secondary N) is 2. The van der Waals surface area contributed by atoms with E-state index in [0.717, 1.165) is 24.0 Å². The van der Waals surface area contributed by atoms with Crippen LogP contribution in [0, 0.1) is 16.7 Å². The normalized spacial score (nSPS) is 11.0. The average molecular weight is 526 g/mol. The average Bonchev–Trinajstić information content (AvgIpc) is 2.85. The molecular formula is C26H22ClF2N5O3. The van der Waals surface area contributed by atoms with Gasteiger partial charge in [-0.3, -0.25) is 14.2 Å². The first-order valence-electron chi connectivity index (χ1n) is 10.9. The molecule has 1 aromatic carbocycles. The van der Waals surface area contributed by atoms with Crippen LogP contribution in [-0.4, -0.2) is 20.7 Å². The number of pyridine rings is 1. The van der Waals surface area contributed by atoms with Crippen molar-refractivity contribution in [2.75, 3.05) is 0 Å². The van der Waals surface area contributed by atoms with Gasteiger partial charge in [0.05, 0.1) is 24.5 Å². The van der Waals surface area contributed by atoms with Crippen LogP contribution in [0.3, 0.4) is 0 Å². The molecule has 8 nitrogen and oxygen atoms in total. The molecule has 37 heavy (non-hydrogen) atoms. The molecule has 0 saturated heterocycles. The number of rotatable bonds is 9. The van der Waals surface area contributed by atoms with Crippen LogP contribution in [0.2, 0.25) is 5.02 Å². The first-order chi connectivity index (χ1) is 17.4. The second kappa shape index (κ2) is 10.7. The van der Waals surface area contributed by atoms with Crippen molar-refractivity contribution >= 4 is 23.4 Å². The van der Waals surface area contributed by atoms with E-state index in [4.69, 9.17) is 21.7 Å². The van der Waals surface area contributed by atoms with Crippen molar-refractivity contribution in [1.29, 1.82) is 10.7 Å². The second-order valence-corrected chi connectivity index (χ2v) is 8.58. The lowest BCUT2D eigenvalue weighted by Crippen LogP contribution is -2.29. The number of aromatic nitrogens is 3. The molecule has 2 N–H and O–H groups in total. The maximum absolute atomic E-state index is 15.0. The minimum atomic E-state index is -3.70. The molecule has 0 radical (unpaired) electrons. The zero-order valence-corrected chi connectivity index (χ0v) is 20.7. The molecule has 0 aliphatic rings. The van der Waals surface area contributed by atoms with Gasteiger partial charge in [-0.2, -0.15) is 14.0 Å². The quantitative estimate of drug-likeness (QED) is 0.294. The molecule has 0 spiro atoms. The number of benzene rings is 1. The molecule has 3 rings (SSSR count). The summed E-state index contributed by atoms with van der Waals surface area (Å²) in [6, 6.07) is 7.23. The zero-order valence-electron chi connectivity index (χ0n) is 20.0. The van der Waals surface area contributed by atoms with E-state index in [2.05, 4.69) is 23.1 Å². The third kappa shape index (κ3) is 5.57. The Hall–Kier alpha value is -4.36. The smallest absolute Gasteiger partial charge is 0.314 e. The number of halogens is 3. The fourth-order valence-electron chi connectivity index (χ4n) is 3.47. The SMILES string of the molecule is C=C(C=N)c1cc(Cn2cnc(C(F)(F)C(=C)C)c(Oc3cc(Cl)cc(C#N)c3)c2=O)c(CC)[nH]c1=O. The van der Waals surface area contributed by atoms with Crippen molar-refractivity contribution in [2.45, 2.75) is 32.7 Å². The van der Waals surface area contributed by atoms with Gasteiger partial charge in [-0.15, -0.1) is 0 Å². The molecule has 3 aromatic rings.